The number of hydrogen-bond donors (Lipinski definition) is 0. The molecule has 0 atom stereocenters. The highest BCUT2D eigenvalue weighted by atomic mass is 16.5. The highest BCUT2D eigenvalue weighted by Gasteiger charge is 2.18. The van der Waals surface area contributed by atoms with Gasteiger partial charge in [-0.1, -0.05) is 30.3 Å². The van der Waals surface area contributed by atoms with E-state index in [2.05, 4.69) is 34.1 Å². The first-order valence-electron chi connectivity index (χ1n) is 11.2. The maximum atomic E-state index is 13.5. The zero-order valence-corrected chi connectivity index (χ0v) is 18.6. The van der Waals surface area contributed by atoms with Crippen LogP contribution in [0.4, 0.5) is 5.69 Å². The molecule has 0 unspecified atom stereocenters. The van der Waals surface area contributed by atoms with Gasteiger partial charge in [0, 0.05) is 55.7 Å². The molecule has 3 heterocycles. The van der Waals surface area contributed by atoms with Crippen LogP contribution in [0.5, 0.6) is 0 Å². The van der Waals surface area contributed by atoms with Crippen LogP contribution in [0.1, 0.15) is 15.9 Å². The largest absolute Gasteiger partial charge is 0.378 e. The van der Waals surface area contributed by atoms with E-state index in [1.54, 1.807) is 17.3 Å². The Kier molecular flexibility index (Phi) is 6.00. The van der Waals surface area contributed by atoms with Crippen LogP contribution in [-0.2, 0) is 11.3 Å². The van der Waals surface area contributed by atoms with Gasteiger partial charge in [0.25, 0.3) is 5.91 Å². The molecule has 1 aliphatic rings. The zero-order chi connectivity index (χ0) is 22.6. The number of ether oxygens (including phenoxy) is 1. The number of para-hydroxylation sites is 1. The number of carbonyl (C=O) groups is 1. The fourth-order valence-corrected chi connectivity index (χ4v) is 4.20. The average Bonchev–Trinajstić information content (AvgIpc) is 2.89. The molecular weight excluding hydrogens is 412 g/mol. The van der Waals surface area contributed by atoms with Crippen molar-refractivity contribution >= 4 is 22.5 Å². The summed E-state index contributed by atoms with van der Waals surface area (Å²) in [6.07, 6.45) is 3.50. The molecule has 1 saturated heterocycles. The van der Waals surface area contributed by atoms with Crippen molar-refractivity contribution in [1.29, 1.82) is 0 Å². The third kappa shape index (κ3) is 4.56. The summed E-state index contributed by atoms with van der Waals surface area (Å²) in [7, 11) is 1.84. The number of anilines is 1. The van der Waals surface area contributed by atoms with E-state index in [9.17, 15) is 4.79 Å². The molecule has 166 valence electrons. The Morgan fingerprint density at radius 2 is 1.82 bits per heavy atom. The Labute approximate surface area is 193 Å². The van der Waals surface area contributed by atoms with E-state index >= 15 is 0 Å². The first kappa shape index (κ1) is 21.1. The quantitative estimate of drug-likeness (QED) is 0.462. The number of benzene rings is 2. The summed E-state index contributed by atoms with van der Waals surface area (Å²) in [4.78, 5) is 26.6. The fourth-order valence-electron chi connectivity index (χ4n) is 4.20. The van der Waals surface area contributed by atoms with Crippen molar-refractivity contribution in [2.45, 2.75) is 6.54 Å². The molecule has 6 nitrogen and oxygen atoms in total. The summed E-state index contributed by atoms with van der Waals surface area (Å²) in [5.41, 5.74) is 5.36. The first-order chi connectivity index (χ1) is 16.2. The molecule has 0 bridgehead atoms. The van der Waals surface area contributed by atoms with Crippen LogP contribution < -0.4 is 4.90 Å². The van der Waals surface area contributed by atoms with Gasteiger partial charge in [-0.15, -0.1) is 0 Å². The minimum absolute atomic E-state index is 0.0315. The third-order valence-corrected chi connectivity index (χ3v) is 5.98. The fraction of sp³-hybridized carbons (Fsp3) is 0.222. The van der Waals surface area contributed by atoms with E-state index in [0.29, 0.717) is 12.1 Å². The molecule has 0 aliphatic carbocycles. The van der Waals surface area contributed by atoms with Crippen molar-refractivity contribution in [3.8, 4) is 11.3 Å². The lowest BCUT2D eigenvalue weighted by Crippen LogP contribution is -2.36. The maximum Gasteiger partial charge on any atom is 0.254 e. The van der Waals surface area contributed by atoms with Gasteiger partial charge in [-0.3, -0.25) is 9.78 Å². The second-order valence-electron chi connectivity index (χ2n) is 8.24. The molecule has 1 amide bonds. The molecule has 0 spiro atoms. The van der Waals surface area contributed by atoms with Crippen molar-refractivity contribution in [2.24, 2.45) is 0 Å². The standard InChI is InChI=1S/C27H26N4O2/c1-30(19-20-8-10-22(11-9-20)31-13-15-33-16-14-31)27(32)24-17-26(21-5-4-12-28-18-21)29-25-7-3-2-6-23(24)25/h2-12,17-18H,13-16,19H2,1H3. The van der Waals surface area contributed by atoms with E-state index in [1.807, 2.05) is 49.5 Å². The van der Waals surface area contributed by atoms with Gasteiger partial charge in [0.1, 0.15) is 0 Å². The second kappa shape index (κ2) is 9.38. The molecule has 2 aromatic heterocycles. The summed E-state index contributed by atoms with van der Waals surface area (Å²) < 4.78 is 5.44. The maximum absolute atomic E-state index is 13.5. The summed E-state index contributed by atoms with van der Waals surface area (Å²) in [6.45, 7) is 3.87. The number of rotatable bonds is 5. The SMILES string of the molecule is CN(Cc1ccc(N2CCOCC2)cc1)C(=O)c1cc(-c2cccnc2)nc2ccccc12. The van der Waals surface area contributed by atoms with Gasteiger partial charge in [0.2, 0.25) is 0 Å². The smallest absolute Gasteiger partial charge is 0.254 e. The predicted molar refractivity (Wildman–Crippen MR) is 130 cm³/mol. The van der Waals surface area contributed by atoms with Crippen molar-refractivity contribution in [3.05, 3.63) is 90.3 Å². The van der Waals surface area contributed by atoms with Gasteiger partial charge in [0.15, 0.2) is 0 Å². The molecule has 1 aliphatic heterocycles. The summed E-state index contributed by atoms with van der Waals surface area (Å²) in [5.74, 6) is -0.0315. The van der Waals surface area contributed by atoms with Gasteiger partial charge in [-0.2, -0.15) is 0 Å². The number of fused-ring (bicyclic) bond motifs is 1. The molecule has 0 saturated carbocycles. The van der Waals surface area contributed by atoms with Crippen molar-refractivity contribution in [2.75, 3.05) is 38.3 Å². The summed E-state index contributed by atoms with van der Waals surface area (Å²) in [6, 6.07) is 21.9. The number of carbonyl (C=O) groups excluding carboxylic acids is 1. The van der Waals surface area contributed by atoms with E-state index in [4.69, 9.17) is 9.72 Å². The number of nitrogens with zero attached hydrogens (tertiary/aromatic N) is 4. The Hall–Kier alpha value is -3.77. The van der Waals surface area contributed by atoms with E-state index < -0.39 is 0 Å². The van der Waals surface area contributed by atoms with Crippen molar-refractivity contribution in [1.82, 2.24) is 14.9 Å². The van der Waals surface area contributed by atoms with Gasteiger partial charge in [0.05, 0.1) is 30.0 Å². The normalized spacial score (nSPS) is 13.8. The van der Waals surface area contributed by atoms with Crippen LogP contribution in [0.25, 0.3) is 22.2 Å². The monoisotopic (exact) mass is 438 g/mol. The molecule has 6 heteroatoms. The summed E-state index contributed by atoms with van der Waals surface area (Å²) in [5, 5.41) is 0.852. The number of morpholine rings is 1. The lowest BCUT2D eigenvalue weighted by molar-refractivity contribution is 0.0787. The zero-order valence-electron chi connectivity index (χ0n) is 18.6. The van der Waals surface area contributed by atoms with Crippen LogP contribution >= 0.6 is 0 Å². The minimum Gasteiger partial charge on any atom is -0.378 e. The molecular formula is C27H26N4O2. The molecule has 5 rings (SSSR count). The second-order valence-corrected chi connectivity index (χ2v) is 8.24. The number of amides is 1. The molecule has 0 radical (unpaired) electrons. The highest BCUT2D eigenvalue weighted by Crippen LogP contribution is 2.26. The lowest BCUT2D eigenvalue weighted by atomic mass is 10.0. The Morgan fingerprint density at radius 1 is 1.03 bits per heavy atom. The molecule has 4 aromatic rings. The van der Waals surface area contributed by atoms with Gasteiger partial charge in [-0.25, -0.2) is 4.98 Å². The lowest BCUT2D eigenvalue weighted by Gasteiger charge is -2.29. The number of hydrogen-bond acceptors (Lipinski definition) is 5. The van der Waals surface area contributed by atoms with Crippen LogP contribution in [0.2, 0.25) is 0 Å². The van der Waals surface area contributed by atoms with Gasteiger partial charge in [-0.05, 0) is 42.0 Å². The molecule has 2 aromatic carbocycles. The van der Waals surface area contributed by atoms with Crippen LogP contribution in [0, 0.1) is 0 Å². The summed E-state index contributed by atoms with van der Waals surface area (Å²) >= 11 is 0. The highest BCUT2D eigenvalue weighted by molar-refractivity contribution is 6.07. The Morgan fingerprint density at radius 3 is 2.58 bits per heavy atom. The predicted octanol–water partition coefficient (Wildman–Crippen LogP) is 4.41. The van der Waals surface area contributed by atoms with Crippen molar-refractivity contribution < 1.29 is 9.53 Å². The minimum atomic E-state index is -0.0315. The van der Waals surface area contributed by atoms with Crippen LogP contribution in [0.15, 0.2) is 79.1 Å². The van der Waals surface area contributed by atoms with Gasteiger partial charge < -0.3 is 14.5 Å². The van der Waals surface area contributed by atoms with E-state index in [0.717, 1.165) is 54.0 Å². The van der Waals surface area contributed by atoms with Crippen LogP contribution in [0.3, 0.4) is 0 Å². The van der Waals surface area contributed by atoms with E-state index in [1.165, 1.54) is 5.69 Å². The Balaban J connectivity index is 1.40. The number of aromatic nitrogens is 2. The Bertz CT molecular complexity index is 1250. The van der Waals surface area contributed by atoms with Crippen LogP contribution in [-0.4, -0.2) is 54.1 Å². The van der Waals surface area contributed by atoms with Gasteiger partial charge >= 0.3 is 0 Å². The topological polar surface area (TPSA) is 58.6 Å². The average molecular weight is 439 g/mol. The molecule has 1 fully saturated rings. The van der Waals surface area contributed by atoms with Crippen molar-refractivity contribution in [3.63, 3.8) is 0 Å². The first-order valence-corrected chi connectivity index (χ1v) is 11.2. The third-order valence-electron chi connectivity index (χ3n) is 5.98. The number of pyridine rings is 2. The molecule has 33 heavy (non-hydrogen) atoms. The van der Waals surface area contributed by atoms with E-state index in [-0.39, 0.29) is 5.91 Å². The molecule has 0 N–H and O–H groups in total.